The van der Waals surface area contributed by atoms with Gasteiger partial charge in [0.1, 0.15) is 0 Å². The third-order valence-corrected chi connectivity index (χ3v) is 3.23. The Bertz CT molecular complexity index is 529. The molecule has 5 nitrogen and oxygen atoms in total. The molecule has 0 spiro atoms. The fraction of sp³-hybridized carbons (Fsp3) is 0. The Morgan fingerprint density at radius 3 is 1.87 bits per heavy atom. The first-order chi connectivity index (χ1) is 6.93. The van der Waals surface area contributed by atoms with Crippen LogP contribution < -0.4 is 0 Å². The number of nitrogens with zero attached hydrogens (tertiary/aromatic N) is 1. The van der Waals surface area contributed by atoms with Crippen molar-refractivity contribution in [1.82, 2.24) is 4.31 Å². The van der Waals surface area contributed by atoms with Gasteiger partial charge in [-0.05, 0) is 12.1 Å². The summed E-state index contributed by atoms with van der Waals surface area (Å²) in [5.41, 5.74) is 0.211. The van der Waals surface area contributed by atoms with E-state index in [0.717, 1.165) is 0 Å². The number of hydrogen-bond donors (Lipinski definition) is 1. The predicted octanol–water partition coefficient (Wildman–Crippen LogP) is 0.417. The number of carbonyl (C=O) groups is 2. The molecule has 0 radical (unpaired) electrons. The minimum absolute atomic E-state index is 0.106. The van der Waals surface area contributed by atoms with Crippen molar-refractivity contribution in [2.45, 2.75) is 0 Å². The maximum Gasteiger partial charge on any atom is 0.275 e. The van der Waals surface area contributed by atoms with Gasteiger partial charge in [-0.1, -0.05) is 12.1 Å². The first kappa shape index (κ1) is 10.2. The number of rotatable bonds is 1. The van der Waals surface area contributed by atoms with E-state index in [9.17, 15) is 13.8 Å². The number of benzene rings is 1. The summed E-state index contributed by atoms with van der Waals surface area (Å²) in [7, 11) is -4.00. The molecule has 7 heteroatoms. The van der Waals surface area contributed by atoms with Gasteiger partial charge in [0.05, 0.1) is 11.1 Å². The first-order valence-corrected chi connectivity index (χ1v) is 6.28. The third kappa shape index (κ3) is 1.44. The van der Waals surface area contributed by atoms with E-state index in [1.54, 1.807) is 12.1 Å². The average Bonchev–Trinajstić information content (AvgIpc) is 2.39. The highest BCUT2D eigenvalue weighted by atomic mass is 32.8. The van der Waals surface area contributed by atoms with E-state index in [1.165, 1.54) is 12.1 Å². The summed E-state index contributed by atoms with van der Waals surface area (Å²) in [6.07, 6.45) is 0. The van der Waals surface area contributed by atoms with Gasteiger partial charge in [0.25, 0.3) is 11.8 Å². The summed E-state index contributed by atoms with van der Waals surface area (Å²) in [4.78, 5) is 23.1. The van der Waals surface area contributed by atoms with E-state index < -0.39 is 20.8 Å². The van der Waals surface area contributed by atoms with Crippen LogP contribution in [0.2, 0.25) is 0 Å². The lowest BCUT2D eigenvalue weighted by molar-refractivity contribution is 0.0763. The van der Waals surface area contributed by atoms with Crippen molar-refractivity contribution >= 4 is 32.0 Å². The highest BCUT2D eigenvalue weighted by Gasteiger charge is 2.40. The van der Waals surface area contributed by atoms with Gasteiger partial charge >= 0.3 is 0 Å². The average molecular weight is 243 g/mol. The van der Waals surface area contributed by atoms with Gasteiger partial charge in [-0.2, -0.15) is 4.31 Å². The van der Waals surface area contributed by atoms with Crippen LogP contribution in [-0.4, -0.2) is 24.9 Å². The molecule has 0 bridgehead atoms. The van der Waals surface area contributed by atoms with Gasteiger partial charge in [-0.15, -0.1) is 0 Å². The summed E-state index contributed by atoms with van der Waals surface area (Å²) in [6.45, 7) is 0. The quantitative estimate of drug-likeness (QED) is 0.723. The Kier molecular flexibility index (Phi) is 2.10. The second-order valence-electron chi connectivity index (χ2n) is 2.90. The van der Waals surface area contributed by atoms with Crippen LogP contribution in [0.1, 0.15) is 20.7 Å². The molecule has 1 N–H and O–H groups in total. The molecule has 1 atom stereocenters. The van der Waals surface area contributed by atoms with Crippen LogP contribution in [0.5, 0.6) is 0 Å². The zero-order chi connectivity index (χ0) is 11.2. The fourth-order valence-corrected chi connectivity index (χ4v) is 2.40. The van der Waals surface area contributed by atoms with Gasteiger partial charge < -0.3 is 0 Å². The van der Waals surface area contributed by atoms with Crippen LogP contribution in [0.4, 0.5) is 0 Å². The summed E-state index contributed by atoms with van der Waals surface area (Å²) in [5.74, 6) is -1.64. The van der Waals surface area contributed by atoms with E-state index in [0.29, 0.717) is 0 Å². The van der Waals surface area contributed by atoms with E-state index >= 15 is 0 Å². The molecule has 1 aromatic carbocycles. The Morgan fingerprint density at radius 2 is 1.53 bits per heavy atom. The highest BCUT2D eigenvalue weighted by Crippen LogP contribution is 2.24. The maximum atomic E-state index is 11.6. The minimum Gasteiger partial charge on any atom is -0.289 e. The number of hydrogen-bond acceptors (Lipinski definition) is 4. The Morgan fingerprint density at radius 1 is 1.13 bits per heavy atom. The molecule has 0 fully saturated rings. The first-order valence-electron chi connectivity index (χ1n) is 3.88. The molecule has 2 rings (SSSR count). The van der Waals surface area contributed by atoms with Gasteiger partial charge in [-0.3, -0.25) is 14.1 Å². The summed E-state index contributed by atoms with van der Waals surface area (Å²) >= 11 is 4.21. The molecular weight excluding hydrogens is 238 g/mol. The SMILES string of the molecule is O=C1c2ccccc2C(=O)N1S(=O)(O)=S. The molecule has 1 aromatic rings. The largest absolute Gasteiger partial charge is 0.289 e. The van der Waals surface area contributed by atoms with E-state index in [1.807, 2.05) is 0 Å². The second kappa shape index (κ2) is 3.09. The lowest BCUT2D eigenvalue weighted by atomic mass is 10.1. The molecule has 1 unspecified atom stereocenters. The normalized spacial score (nSPS) is 18.9. The van der Waals surface area contributed by atoms with Crippen molar-refractivity contribution in [3.8, 4) is 0 Å². The van der Waals surface area contributed by atoms with Crippen molar-refractivity contribution in [2.24, 2.45) is 0 Å². The monoisotopic (exact) mass is 243 g/mol. The molecular formula is C8H5NO4S2. The zero-order valence-electron chi connectivity index (χ0n) is 7.25. The third-order valence-electron chi connectivity index (χ3n) is 1.99. The van der Waals surface area contributed by atoms with Gasteiger partial charge in [0.15, 0.2) is 0 Å². The maximum absolute atomic E-state index is 11.6. The van der Waals surface area contributed by atoms with Crippen molar-refractivity contribution in [1.29, 1.82) is 0 Å². The van der Waals surface area contributed by atoms with Crippen molar-refractivity contribution in [3.63, 3.8) is 0 Å². The van der Waals surface area contributed by atoms with Crippen molar-refractivity contribution in [3.05, 3.63) is 35.4 Å². The lowest BCUT2D eigenvalue weighted by Gasteiger charge is -2.10. The number of carbonyl (C=O) groups excluding carboxylic acids is 2. The Labute approximate surface area is 90.3 Å². The van der Waals surface area contributed by atoms with Crippen molar-refractivity contribution in [2.75, 3.05) is 0 Å². The van der Waals surface area contributed by atoms with Crippen LogP contribution in [0.25, 0.3) is 0 Å². The van der Waals surface area contributed by atoms with Crippen molar-refractivity contribution < 1.29 is 18.4 Å². The highest BCUT2D eigenvalue weighted by molar-refractivity contribution is 8.28. The van der Waals surface area contributed by atoms with E-state index in [-0.39, 0.29) is 15.4 Å². The standard InChI is InChI=1S/C8H5NO4S2/c10-7-5-3-1-2-4-6(5)8(11)9(7)15(12,13)14/h1-4H,(H,12,13,14). The Hall–Kier alpha value is -1.31. The molecule has 1 heterocycles. The molecule has 2 amide bonds. The van der Waals surface area contributed by atoms with Crippen LogP contribution in [0.15, 0.2) is 24.3 Å². The Balaban J connectivity index is 2.66. The van der Waals surface area contributed by atoms with Gasteiger partial charge in [0.2, 0.25) is 8.96 Å². The van der Waals surface area contributed by atoms with Crippen LogP contribution in [0, 0.1) is 0 Å². The van der Waals surface area contributed by atoms with Crippen LogP contribution in [0.3, 0.4) is 0 Å². The van der Waals surface area contributed by atoms with E-state index in [2.05, 4.69) is 11.2 Å². The molecule has 1 aliphatic rings. The molecule has 1 aliphatic heterocycles. The number of amides is 2. The van der Waals surface area contributed by atoms with Crippen LogP contribution >= 0.6 is 0 Å². The zero-order valence-corrected chi connectivity index (χ0v) is 8.88. The second-order valence-corrected chi connectivity index (χ2v) is 5.46. The minimum atomic E-state index is -4.00. The smallest absolute Gasteiger partial charge is 0.275 e. The summed E-state index contributed by atoms with van der Waals surface area (Å²) in [5, 5.41) is 0. The molecule has 0 aliphatic carbocycles. The summed E-state index contributed by atoms with van der Waals surface area (Å²) < 4.78 is 20.4. The lowest BCUT2D eigenvalue weighted by Crippen LogP contribution is -2.34. The van der Waals surface area contributed by atoms with E-state index in [4.69, 9.17) is 4.55 Å². The van der Waals surface area contributed by atoms with Gasteiger partial charge in [-0.25, -0.2) is 4.21 Å². The van der Waals surface area contributed by atoms with Gasteiger partial charge in [0, 0.05) is 11.2 Å². The predicted molar refractivity (Wildman–Crippen MR) is 55.1 cm³/mol. The molecule has 0 saturated heterocycles. The molecule has 0 aromatic heterocycles. The number of imide groups is 1. The molecule has 78 valence electrons. The fourth-order valence-electron chi connectivity index (χ4n) is 1.38. The van der Waals surface area contributed by atoms with Crippen LogP contribution in [-0.2, 0) is 20.1 Å². The topological polar surface area (TPSA) is 74.7 Å². The number of fused-ring (bicyclic) bond motifs is 1. The molecule has 0 saturated carbocycles. The summed E-state index contributed by atoms with van der Waals surface area (Å²) in [6, 6.07) is 5.96. The molecule has 15 heavy (non-hydrogen) atoms.